The summed E-state index contributed by atoms with van der Waals surface area (Å²) < 4.78 is 19.3. The van der Waals surface area contributed by atoms with Crippen molar-refractivity contribution in [3.8, 4) is 11.5 Å². The van der Waals surface area contributed by atoms with E-state index in [1.54, 1.807) is 24.4 Å². The average molecular weight is 399 g/mol. The van der Waals surface area contributed by atoms with Crippen LogP contribution in [0.4, 0.5) is 10.2 Å². The average Bonchev–Trinajstić information content (AvgIpc) is 3.22. The Morgan fingerprint density at radius 3 is 2.61 bits per heavy atom. The van der Waals surface area contributed by atoms with Crippen molar-refractivity contribution in [1.82, 2.24) is 20.1 Å². The van der Waals surface area contributed by atoms with Gasteiger partial charge in [-0.05, 0) is 24.3 Å². The molecular formula is C19H18FN5O2S. The van der Waals surface area contributed by atoms with Crippen LogP contribution in [-0.4, -0.2) is 57.9 Å². The second-order valence-corrected chi connectivity index (χ2v) is 7.12. The summed E-state index contributed by atoms with van der Waals surface area (Å²) in [5.41, 5.74) is 0.249. The Morgan fingerprint density at radius 2 is 1.86 bits per heavy atom. The van der Waals surface area contributed by atoms with Crippen LogP contribution in [0.2, 0.25) is 0 Å². The number of halogens is 1. The summed E-state index contributed by atoms with van der Waals surface area (Å²) in [6.45, 7) is 2.76. The lowest BCUT2D eigenvalue weighted by atomic mass is 10.2. The molecule has 1 aromatic carbocycles. The fraction of sp³-hybridized carbons (Fsp3) is 0.263. The molecule has 1 amide bonds. The summed E-state index contributed by atoms with van der Waals surface area (Å²) in [5, 5.41) is 8.01. The van der Waals surface area contributed by atoms with E-state index in [2.05, 4.69) is 20.1 Å². The quantitative estimate of drug-likeness (QED) is 0.611. The van der Waals surface area contributed by atoms with Crippen LogP contribution in [0, 0.1) is 5.82 Å². The highest BCUT2D eigenvalue weighted by Gasteiger charge is 2.22. The first-order valence-corrected chi connectivity index (χ1v) is 9.84. The molecule has 144 valence electrons. The minimum atomic E-state index is -0.426. The van der Waals surface area contributed by atoms with Crippen LogP contribution in [-0.2, 0) is 4.79 Å². The van der Waals surface area contributed by atoms with Crippen molar-refractivity contribution in [2.24, 2.45) is 0 Å². The van der Waals surface area contributed by atoms with Crippen LogP contribution < -0.4 is 4.90 Å². The molecule has 0 atom stereocenters. The van der Waals surface area contributed by atoms with E-state index in [4.69, 9.17) is 4.42 Å². The SMILES string of the molecule is O=C(CSc1nnc(-c2ccccc2F)o1)N1CCN(c2ccccn2)CC1. The number of benzene rings is 1. The molecule has 0 spiro atoms. The van der Waals surface area contributed by atoms with Gasteiger partial charge in [-0.15, -0.1) is 10.2 Å². The number of hydrogen-bond donors (Lipinski definition) is 0. The summed E-state index contributed by atoms with van der Waals surface area (Å²) in [7, 11) is 0. The number of carbonyl (C=O) groups is 1. The number of nitrogens with zero attached hydrogens (tertiary/aromatic N) is 5. The lowest BCUT2D eigenvalue weighted by Crippen LogP contribution is -2.49. The largest absolute Gasteiger partial charge is 0.411 e. The van der Waals surface area contributed by atoms with Gasteiger partial charge in [0, 0.05) is 32.4 Å². The molecule has 1 aliphatic heterocycles. The molecule has 0 bridgehead atoms. The molecule has 28 heavy (non-hydrogen) atoms. The van der Waals surface area contributed by atoms with E-state index >= 15 is 0 Å². The van der Waals surface area contributed by atoms with Gasteiger partial charge in [0.1, 0.15) is 11.6 Å². The molecule has 0 saturated carbocycles. The first kappa shape index (κ1) is 18.4. The van der Waals surface area contributed by atoms with Crippen LogP contribution in [0.5, 0.6) is 0 Å². The Hall–Kier alpha value is -2.94. The van der Waals surface area contributed by atoms with Gasteiger partial charge >= 0.3 is 0 Å². The molecule has 4 rings (SSSR count). The molecule has 1 aliphatic rings. The Kier molecular flexibility index (Phi) is 5.52. The Morgan fingerprint density at radius 1 is 1.07 bits per heavy atom. The van der Waals surface area contributed by atoms with Crippen LogP contribution in [0.1, 0.15) is 0 Å². The molecule has 1 saturated heterocycles. The minimum Gasteiger partial charge on any atom is -0.411 e. The van der Waals surface area contributed by atoms with Crippen molar-refractivity contribution in [2.45, 2.75) is 5.22 Å². The van der Waals surface area contributed by atoms with E-state index in [0.717, 1.165) is 30.7 Å². The van der Waals surface area contributed by atoms with Crippen molar-refractivity contribution < 1.29 is 13.6 Å². The van der Waals surface area contributed by atoms with Gasteiger partial charge in [-0.25, -0.2) is 9.37 Å². The molecule has 0 aliphatic carbocycles. The number of carbonyl (C=O) groups excluding carboxylic acids is 1. The molecule has 0 radical (unpaired) electrons. The zero-order valence-corrected chi connectivity index (χ0v) is 15.8. The number of amides is 1. The van der Waals surface area contributed by atoms with E-state index in [1.165, 1.54) is 6.07 Å². The number of pyridine rings is 1. The highest BCUT2D eigenvalue weighted by Crippen LogP contribution is 2.25. The second-order valence-electron chi connectivity index (χ2n) is 6.20. The fourth-order valence-corrected chi connectivity index (χ4v) is 3.62. The fourth-order valence-electron chi connectivity index (χ4n) is 2.95. The summed E-state index contributed by atoms with van der Waals surface area (Å²) in [6.07, 6.45) is 1.77. The van der Waals surface area contributed by atoms with Gasteiger partial charge in [0.05, 0.1) is 11.3 Å². The van der Waals surface area contributed by atoms with Gasteiger partial charge in [0.25, 0.3) is 11.1 Å². The highest BCUT2D eigenvalue weighted by atomic mass is 32.2. The van der Waals surface area contributed by atoms with Gasteiger partial charge in [-0.1, -0.05) is 30.0 Å². The second kappa shape index (κ2) is 8.39. The molecule has 7 nitrogen and oxygen atoms in total. The van der Waals surface area contributed by atoms with Gasteiger partial charge in [0.15, 0.2) is 0 Å². The van der Waals surface area contributed by atoms with E-state index in [1.807, 2.05) is 23.1 Å². The highest BCUT2D eigenvalue weighted by molar-refractivity contribution is 7.99. The number of anilines is 1. The molecule has 9 heteroatoms. The maximum absolute atomic E-state index is 13.8. The van der Waals surface area contributed by atoms with Crippen molar-refractivity contribution in [3.63, 3.8) is 0 Å². The van der Waals surface area contributed by atoms with Gasteiger partial charge in [-0.3, -0.25) is 4.79 Å². The van der Waals surface area contributed by atoms with Gasteiger partial charge < -0.3 is 14.2 Å². The van der Waals surface area contributed by atoms with Crippen LogP contribution in [0.25, 0.3) is 11.5 Å². The molecule has 0 N–H and O–H groups in total. The van der Waals surface area contributed by atoms with Gasteiger partial charge in [0.2, 0.25) is 5.91 Å². The van der Waals surface area contributed by atoms with Crippen LogP contribution in [0.15, 0.2) is 58.3 Å². The number of aromatic nitrogens is 3. The standard InChI is InChI=1S/C19H18FN5O2S/c20-15-6-2-1-5-14(15)18-22-23-19(27-18)28-13-17(26)25-11-9-24(10-12-25)16-7-3-4-8-21-16/h1-8H,9-13H2. The topological polar surface area (TPSA) is 75.4 Å². The smallest absolute Gasteiger partial charge is 0.277 e. The third-order valence-electron chi connectivity index (χ3n) is 4.44. The van der Waals surface area contributed by atoms with E-state index in [9.17, 15) is 9.18 Å². The van der Waals surface area contributed by atoms with Gasteiger partial charge in [-0.2, -0.15) is 0 Å². The molecular weight excluding hydrogens is 381 g/mol. The maximum Gasteiger partial charge on any atom is 0.277 e. The zero-order chi connectivity index (χ0) is 19.3. The third kappa shape index (κ3) is 4.14. The molecule has 0 unspecified atom stereocenters. The monoisotopic (exact) mass is 399 g/mol. The third-order valence-corrected chi connectivity index (χ3v) is 5.24. The van der Waals surface area contributed by atoms with Crippen LogP contribution >= 0.6 is 11.8 Å². The van der Waals surface area contributed by atoms with Crippen LogP contribution in [0.3, 0.4) is 0 Å². The Bertz CT molecular complexity index is 944. The number of piperazine rings is 1. The molecule has 3 aromatic rings. The van der Waals surface area contributed by atoms with Crippen molar-refractivity contribution in [3.05, 3.63) is 54.5 Å². The predicted octanol–water partition coefficient (Wildman–Crippen LogP) is 2.71. The number of rotatable bonds is 5. The Balaban J connectivity index is 1.29. The zero-order valence-electron chi connectivity index (χ0n) is 15.0. The molecule has 1 fully saturated rings. The van der Waals surface area contributed by atoms with Crippen molar-refractivity contribution in [2.75, 3.05) is 36.8 Å². The summed E-state index contributed by atoms with van der Waals surface area (Å²) in [6, 6.07) is 12.0. The minimum absolute atomic E-state index is 0.0105. The van der Waals surface area contributed by atoms with E-state index < -0.39 is 5.82 Å². The van der Waals surface area contributed by atoms with Crippen molar-refractivity contribution >= 4 is 23.5 Å². The first-order valence-electron chi connectivity index (χ1n) is 8.85. The summed E-state index contributed by atoms with van der Waals surface area (Å²) in [5.74, 6) is 0.816. The normalized spacial score (nSPS) is 14.3. The Labute approximate surface area is 165 Å². The lowest BCUT2D eigenvalue weighted by Gasteiger charge is -2.35. The van der Waals surface area contributed by atoms with Crippen molar-refractivity contribution in [1.29, 1.82) is 0 Å². The predicted molar refractivity (Wildman–Crippen MR) is 103 cm³/mol. The maximum atomic E-state index is 13.8. The summed E-state index contributed by atoms with van der Waals surface area (Å²) in [4.78, 5) is 20.8. The first-order chi connectivity index (χ1) is 13.7. The number of hydrogen-bond acceptors (Lipinski definition) is 7. The summed E-state index contributed by atoms with van der Waals surface area (Å²) >= 11 is 1.16. The number of thioether (sulfide) groups is 1. The molecule has 3 heterocycles. The van der Waals surface area contributed by atoms with E-state index in [-0.39, 0.29) is 28.3 Å². The molecule has 2 aromatic heterocycles. The van der Waals surface area contributed by atoms with E-state index in [0.29, 0.717) is 13.1 Å². The lowest BCUT2D eigenvalue weighted by molar-refractivity contribution is -0.128.